The average Bonchev–Trinajstić information content (AvgIpc) is 2.94. The Balaban J connectivity index is 1.90. The van der Waals surface area contributed by atoms with E-state index < -0.39 is 11.6 Å². The molecule has 2 rings (SSSR count). The van der Waals surface area contributed by atoms with Gasteiger partial charge in [-0.1, -0.05) is 25.7 Å². The van der Waals surface area contributed by atoms with E-state index >= 15 is 0 Å². The summed E-state index contributed by atoms with van der Waals surface area (Å²) in [6, 6.07) is -0.527. The standard InChI is InChI=1S/C14H24N2O3/c1-9-14(2,12(17)8-19-9)16-13(18)11(15)7-10-5-3-4-6-10/h9-11H,3-8,15H2,1-2H3,(H,16,18). The highest BCUT2D eigenvalue weighted by molar-refractivity contribution is 5.96. The largest absolute Gasteiger partial charge is 0.368 e. The van der Waals surface area contributed by atoms with Gasteiger partial charge in [0.2, 0.25) is 5.91 Å². The Bertz CT molecular complexity index is 366. The maximum atomic E-state index is 12.1. The van der Waals surface area contributed by atoms with Crippen molar-refractivity contribution in [1.29, 1.82) is 0 Å². The summed E-state index contributed by atoms with van der Waals surface area (Å²) in [5, 5.41) is 2.79. The molecule has 2 aliphatic rings. The van der Waals surface area contributed by atoms with E-state index in [0.717, 1.165) is 12.8 Å². The third-order valence-electron chi connectivity index (χ3n) is 4.64. The normalized spacial score (nSPS) is 33.6. The smallest absolute Gasteiger partial charge is 0.237 e. The van der Waals surface area contributed by atoms with Gasteiger partial charge in [0.05, 0.1) is 12.1 Å². The Morgan fingerprint density at radius 3 is 2.68 bits per heavy atom. The molecule has 5 heteroatoms. The summed E-state index contributed by atoms with van der Waals surface area (Å²) in [6.07, 6.45) is 5.21. The number of hydrogen-bond acceptors (Lipinski definition) is 4. The number of ether oxygens (including phenoxy) is 1. The van der Waals surface area contributed by atoms with E-state index in [1.54, 1.807) is 13.8 Å². The van der Waals surface area contributed by atoms with Crippen LogP contribution in [0.3, 0.4) is 0 Å². The molecular formula is C14H24N2O3. The number of Topliss-reactive ketones (excluding diaryl/α,β-unsaturated/α-hetero) is 1. The van der Waals surface area contributed by atoms with Crippen LogP contribution in [0.2, 0.25) is 0 Å². The zero-order valence-corrected chi connectivity index (χ0v) is 11.8. The molecule has 1 aliphatic carbocycles. The Morgan fingerprint density at radius 2 is 2.16 bits per heavy atom. The Kier molecular flexibility index (Phi) is 4.26. The highest BCUT2D eigenvalue weighted by Gasteiger charge is 2.46. The predicted molar refractivity (Wildman–Crippen MR) is 71.5 cm³/mol. The second kappa shape index (κ2) is 5.59. The minimum absolute atomic E-state index is 0.0653. The van der Waals surface area contributed by atoms with E-state index in [1.807, 2.05) is 0 Å². The summed E-state index contributed by atoms with van der Waals surface area (Å²) in [5.41, 5.74) is 5.03. The van der Waals surface area contributed by atoms with Crippen molar-refractivity contribution in [2.45, 2.75) is 63.6 Å². The van der Waals surface area contributed by atoms with Crippen molar-refractivity contribution in [3.8, 4) is 0 Å². The van der Waals surface area contributed by atoms with Crippen LogP contribution in [0.15, 0.2) is 0 Å². The summed E-state index contributed by atoms with van der Waals surface area (Å²) in [5.74, 6) is 0.239. The monoisotopic (exact) mass is 268 g/mol. The number of nitrogens with two attached hydrogens (primary N) is 1. The van der Waals surface area contributed by atoms with Gasteiger partial charge in [0, 0.05) is 0 Å². The van der Waals surface area contributed by atoms with Gasteiger partial charge in [-0.2, -0.15) is 0 Å². The Morgan fingerprint density at radius 1 is 1.53 bits per heavy atom. The van der Waals surface area contributed by atoms with Gasteiger partial charge in [-0.25, -0.2) is 0 Å². The third-order valence-corrected chi connectivity index (χ3v) is 4.64. The van der Waals surface area contributed by atoms with Crippen LogP contribution < -0.4 is 11.1 Å². The first kappa shape index (κ1) is 14.5. The lowest BCUT2D eigenvalue weighted by atomic mass is 9.92. The zero-order valence-electron chi connectivity index (χ0n) is 11.8. The lowest BCUT2D eigenvalue weighted by Gasteiger charge is -2.29. The van der Waals surface area contributed by atoms with Crippen LogP contribution in [0, 0.1) is 5.92 Å². The van der Waals surface area contributed by atoms with E-state index in [9.17, 15) is 9.59 Å². The van der Waals surface area contributed by atoms with E-state index in [0.29, 0.717) is 12.3 Å². The van der Waals surface area contributed by atoms with E-state index in [4.69, 9.17) is 10.5 Å². The first-order valence-electron chi connectivity index (χ1n) is 7.16. The van der Waals surface area contributed by atoms with Crippen LogP contribution in [0.4, 0.5) is 0 Å². The van der Waals surface area contributed by atoms with Gasteiger partial charge in [-0.15, -0.1) is 0 Å². The van der Waals surface area contributed by atoms with Crippen LogP contribution in [0.5, 0.6) is 0 Å². The van der Waals surface area contributed by atoms with Gasteiger partial charge in [0.25, 0.3) is 0 Å². The number of nitrogens with one attached hydrogen (secondary N) is 1. The Hall–Kier alpha value is -0.940. The number of rotatable bonds is 4. The quantitative estimate of drug-likeness (QED) is 0.788. The lowest BCUT2D eigenvalue weighted by Crippen LogP contribution is -2.59. The summed E-state index contributed by atoms with van der Waals surface area (Å²) in [4.78, 5) is 24.0. The topological polar surface area (TPSA) is 81.4 Å². The highest BCUT2D eigenvalue weighted by atomic mass is 16.5. The summed E-state index contributed by atoms with van der Waals surface area (Å²) in [6.45, 7) is 3.58. The second-order valence-corrected chi connectivity index (χ2v) is 6.06. The van der Waals surface area contributed by atoms with Crippen molar-refractivity contribution in [3.05, 3.63) is 0 Å². The molecule has 1 aliphatic heterocycles. The molecule has 108 valence electrons. The number of carbonyl (C=O) groups excluding carboxylic acids is 2. The van der Waals surface area contributed by atoms with E-state index in [-0.39, 0.29) is 24.4 Å². The van der Waals surface area contributed by atoms with Gasteiger partial charge in [-0.05, 0) is 26.2 Å². The highest BCUT2D eigenvalue weighted by Crippen LogP contribution is 2.28. The fourth-order valence-electron chi connectivity index (χ4n) is 2.98. The molecule has 3 unspecified atom stereocenters. The van der Waals surface area contributed by atoms with Gasteiger partial charge >= 0.3 is 0 Å². The Labute approximate surface area is 114 Å². The molecule has 0 aromatic heterocycles. The van der Waals surface area contributed by atoms with Gasteiger partial charge < -0.3 is 15.8 Å². The van der Waals surface area contributed by atoms with Crippen LogP contribution >= 0.6 is 0 Å². The van der Waals surface area contributed by atoms with Crippen molar-refractivity contribution in [2.75, 3.05) is 6.61 Å². The van der Waals surface area contributed by atoms with Crippen LogP contribution in [0.25, 0.3) is 0 Å². The fraction of sp³-hybridized carbons (Fsp3) is 0.857. The molecule has 1 heterocycles. The predicted octanol–water partition coefficient (Wildman–Crippen LogP) is 0.757. The van der Waals surface area contributed by atoms with E-state index in [2.05, 4.69) is 5.32 Å². The van der Waals surface area contributed by atoms with Gasteiger partial charge in [-0.3, -0.25) is 9.59 Å². The SMILES string of the molecule is CC1OCC(=O)C1(C)NC(=O)C(N)CC1CCCC1. The molecule has 5 nitrogen and oxygen atoms in total. The molecule has 0 spiro atoms. The van der Waals surface area contributed by atoms with Gasteiger partial charge in [0.15, 0.2) is 5.78 Å². The maximum Gasteiger partial charge on any atom is 0.237 e. The van der Waals surface area contributed by atoms with Crippen LogP contribution in [0.1, 0.15) is 46.0 Å². The first-order chi connectivity index (χ1) is 8.93. The fourth-order valence-corrected chi connectivity index (χ4v) is 2.98. The number of amides is 1. The molecule has 0 aromatic carbocycles. The number of hydrogen-bond donors (Lipinski definition) is 2. The molecule has 3 atom stereocenters. The minimum Gasteiger partial charge on any atom is -0.368 e. The molecule has 1 amide bonds. The van der Waals surface area contributed by atoms with Crippen molar-refractivity contribution >= 4 is 11.7 Å². The van der Waals surface area contributed by atoms with Crippen molar-refractivity contribution in [3.63, 3.8) is 0 Å². The molecule has 19 heavy (non-hydrogen) atoms. The molecule has 3 N–H and O–H groups in total. The minimum atomic E-state index is -0.926. The van der Waals surface area contributed by atoms with E-state index in [1.165, 1.54) is 12.8 Å². The van der Waals surface area contributed by atoms with Crippen LogP contribution in [-0.2, 0) is 14.3 Å². The maximum absolute atomic E-state index is 12.1. The first-order valence-corrected chi connectivity index (χ1v) is 7.16. The summed E-state index contributed by atoms with van der Waals surface area (Å²) < 4.78 is 5.29. The van der Waals surface area contributed by atoms with Crippen molar-refractivity contribution < 1.29 is 14.3 Å². The van der Waals surface area contributed by atoms with Crippen molar-refractivity contribution in [2.24, 2.45) is 11.7 Å². The molecule has 0 bridgehead atoms. The molecular weight excluding hydrogens is 244 g/mol. The second-order valence-electron chi connectivity index (χ2n) is 6.06. The average molecular weight is 268 g/mol. The summed E-state index contributed by atoms with van der Waals surface area (Å²) in [7, 11) is 0. The number of ketones is 1. The molecule has 0 aromatic rings. The lowest BCUT2D eigenvalue weighted by molar-refractivity contribution is -0.130. The molecule has 2 fully saturated rings. The molecule has 1 saturated carbocycles. The van der Waals surface area contributed by atoms with Crippen LogP contribution in [-0.4, -0.2) is 36.0 Å². The number of carbonyl (C=O) groups is 2. The molecule has 0 radical (unpaired) electrons. The third kappa shape index (κ3) is 2.98. The zero-order chi connectivity index (χ0) is 14.0. The summed E-state index contributed by atoms with van der Waals surface area (Å²) >= 11 is 0. The molecule has 1 saturated heterocycles. The van der Waals surface area contributed by atoms with Gasteiger partial charge in [0.1, 0.15) is 12.1 Å². The van der Waals surface area contributed by atoms with Crippen molar-refractivity contribution in [1.82, 2.24) is 5.32 Å².